The van der Waals surface area contributed by atoms with E-state index >= 15 is 0 Å². The number of alkyl halides is 3. The van der Waals surface area contributed by atoms with Gasteiger partial charge in [0, 0.05) is 30.9 Å². The maximum atomic E-state index is 12.1. The van der Waals surface area contributed by atoms with Crippen LogP contribution in [-0.4, -0.2) is 47.9 Å². The van der Waals surface area contributed by atoms with E-state index in [0.717, 1.165) is 25.9 Å². The molecule has 102 valence electrons. The van der Waals surface area contributed by atoms with Gasteiger partial charge in [-0.2, -0.15) is 13.2 Å². The normalized spacial score (nSPS) is 28.1. The Labute approximate surface area is 105 Å². The highest BCUT2D eigenvalue weighted by atomic mass is 32.2. The van der Waals surface area contributed by atoms with Gasteiger partial charge in [-0.25, -0.2) is 0 Å². The van der Waals surface area contributed by atoms with Crippen molar-refractivity contribution >= 4 is 11.8 Å². The van der Waals surface area contributed by atoms with Crippen LogP contribution in [0, 0.1) is 0 Å². The molecule has 6 heteroatoms. The maximum absolute atomic E-state index is 12.1. The van der Waals surface area contributed by atoms with Gasteiger partial charge >= 0.3 is 5.51 Å². The van der Waals surface area contributed by atoms with Gasteiger partial charge in [0.15, 0.2) is 0 Å². The van der Waals surface area contributed by atoms with E-state index in [9.17, 15) is 13.2 Å². The monoisotopic (exact) mass is 270 g/mol. The molecule has 2 atom stereocenters. The van der Waals surface area contributed by atoms with Crippen molar-refractivity contribution in [2.24, 2.45) is 0 Å². The zero-order valence-corrected chi connectivity index (χ0v) is 11.2. The van der Waals surface area contributed by atoms with E-state index in [1.54, 1.807) is 0 Å². The lowest BCUT2D eigenvalue weighted by molar-refractivity contribution is -0.0329. The Balaban J connectivity index is 2.37. The van der Waals surface area contributed by atoms with Gasteiger partial charge in [0.2, 0.25) is 0 Å². The zero-order valence-electron chi connectivity index (χ0n) is 10.4. The van der Waals surface area contributed by atoms with Crippen molar-refractivity contribution in [2.75, 3.05) is 25.4 Å². The average Bonchev–Trinajstić information content (AvgIpc) is 2.39. The summed E-state index contributed by atoms with van der Waals surface area (Å²) in [6, 6.07) is 0.781. The molecule has 0 aromatic rings. The summed E-state index contributed by atoms with van der Waals surface area (Å²) in [5, 5.41) is 3.43. The molecule has 1 N–H and O–H groups in total. The minimum Gasteiger partial charge on any atom is -0.313 e. The number of nitrogens with zero attached hydrogens (tertiary/aromatic N) is 1. The first-order valence-electron chi connectivity index (χ1n) is 6.10. The SMILES string of the molecule is CCC1CN(CCSC(F)(F)F)C(C)CCN1. The third kappa shape index (κ3) is 5.97. The van der Waals surface area contributed by atoms with Crippen LogP contribution in [0.25, 0.3) is 0 Å². The molecule has 0 radical (unpaired) electrons. The number of hydrogen-bond acceptors (Lipinski definition) is 3. The van der Waals surface area contributed by atoms with E-state index < -0.39 is 5.51 Å². The summed E-state index contributed by atoms with van der Waals surface area (Å²) in [7, 11) is 0. The van der Waals surface area contributed by atoms with Crippen molar-refractivity contribution in [3.63, 3.8) is 0 Å². The summed E-state index contributed by atoms with van der Waals surface area (Å²) >= 11 is 0.0828. The van der Waals surface area contributed by atoms with Crippen LogP contribution >= 0.6 is 11.8 Å². The molecule has 0 bridgehead atoms. The highest BCUT2D eigenvalue weighted by molar-refractivity contribution is 8.00. The van der Waals surface area contributed by atoms with Crippen LogP contribution in [0.3, 0.4) is 0 Å². The minimum absolute atomic E-state index is 0.0828. The largest absolute Gasteiger partial charge is 0.441 e. The van der Waals surface area contributed by atoms with Crippen molar-refractivity contribution in [1.82, 2.24) is 10.2 Å². The van der Waals surface area contributed by atoms with Gasteiger partial charge in [-0.05, 0) is 38.1 Å². The molecule has 2 unspecified atom stereocenters. The van der Waals surface area contributed by atoms with Crippen LogP contribution in [0.1, 0.15) is 26.7 Å². The molecule has 0 amide bonds. The highest BCUT2D eigenvalue weighted by Crippen LogP contribution is 2.30. The summed E-state index contributed by atoms with van der Waals surface area (Å²) in [6.07, 6.45) is 2.03. The first kappa shape index (κ1) is 15.1. The lowest BCUT2D eigenvalue weighted by Crippen LogP contribution is -2.41. The number of thioether (sulfide) groups is 1. The Hall–Kier alpha value is 0.0600. The molecule has 0 aromatic heterocycles. The van der Waals surface area contributed by atoms with Crippen molar-refractivity contribution in [3.8, 4) is 0 Å². The van der Waals surface area contributed by atoms with Gasteiger partial charge in [0.05, 0.1) is 0 Å². The van der Waals surface area contributed by atoms with Crippen molar-refractivity contribution in [2.45, 2.75) is 44.3 Å². The Morgan fingerprint density at radius 2 is 2.12 bits per heavy atom. The topological polar surface area (TPSA) is 15.3 Å². The summed E-state index contributed by atoms with van der Waals surface area (Å²) in [6.45, 7) is 6.54. The summed E-state index contributed by atoms with van der Waals surface area (Å²) in [5.41, 5.74) is -4.10. The first-order chi connectivity index (χ1) is 7.92. The fraction of sp³-hybridized carbons (Fsp3) is 1.00. The fourth-order valence-corrected chi connectivity index (χ4v) is 2.63. The highest BCUT2D eigenvalue weighted by Gasteiger charge is 2.29. The van der Waals surface area contributed by atoms with Crippen LogP contribution in [0.15, 0.2) is 0 Å². The average molecular weight is 270 g/mol. The zero-order chi connectivity index (χ0) is 12.9. The van der Waals surface area contributed by atoms with E-state index in [1.807, 2.05) is 0 Å². The van der Waals surface area contributed by atoms with Crippen molar-refractivity contribution in [3.05, 3.63) is 0 Å². The molecule has 1 rings (SSSR count). The number of nitrogens with one attached hydrogen (secondary N) is 1. The first-order valence-corrected chi connectivity index (χ1v) is 7.09. The molecule has 0 spiro atoms. The second kappa shape index (κ2) is 6.85. The van der Waals surface area contributed by atoms with Crippen molar-refractivity contribution < 1.29 is 13.2 Å². The third-order valence-electron chi connectivity index (χ3n) is 3.21. The maximum Gasteiger partial charge on any atom is 0.441 e. The lowest BCUT2D eigenvalue weighted by atomic mass is 10.2. The van der Waals surface area contributed by atoms with Gasteiger partial charge in [-0.3, -0.25) is 4.90 Å². The van der Waals surface area contributed by atoms with Crippen molar-refractivity contribution in [1.29, 1.82) is 0 Å². The molecule has 0 saturated carbocycles. The fourth-order valence-electron chi connectivity index (χ4n) is 2.07. The number of halogens is 3. The number of hydrogen-bond donors (Lipinski definition) is 1. The Morgan fingerprint density at radius 1 is 1.41 bits per heavy atom. The number of rotatable bonds is 4. The van der Waals surface area contributed by atoms with Crippen LogP contribution in [0.2, 0.25) is 0 Å². The van der Waals surface area contributed by atoms with Gasteiger partial charge in [0.25, 0.3) is 0 Å². The molecular weight excluding hydrogens is 249 g/mol. The second-order valence-corrected chi connectivity index (χ2v) is 5.65. The second-order valence-electron chi connectivity index (χ2n) is 4.49. The van der Waals surface area contributed by atoms with E-state index in [1.165, 1.54) is 0 Å². The molecule has 2 nitrogen and oxygen atoms in total. The quantitative estimate of drug-likeness (QED) is 0.845. The molecule has 1 heterocycles. The minimum atomic E-state index is -4.10. The summed E-state index contributed by atoms with van der Waals surface area (Å²) in [5.74, 6) is 0.129. The Kier molecular flexibility index (Phi) is 6.09. The van der Waals surface area contributed by atoms with E-state index in [2.05, 4.69) is 24.1 Å². The molecular formula is C11H21F3N2S. The van der Waals surface area contributed by atoms with E-state index in [4.69, 9.17) is 0 Å². The molecule has 1 aliphatic heterocycles. The third-order valence-corrected chi connectivity index (χ3v) is 3.92. The van der Waals surface area contributed by atoms with E-state index in [-0.39, 0.29) is 17.5 Å². The Morgan fingerprint density at radius 3 is 2.71 bits per heavy atom. The van der Waals surface area contributed by atoms with Crippen LogP contribution < -0.4 is 5.32 Å². The van der Waals surface area contributed by atoms with Gasteiger partial charge < -0.3 is 5.32 Å². The predicted molar refractivity (Wildman–Crippen MR) is 66.2 cm³/mol. The molecule has 1 aliphatic rings. The molecule has 0 aliphatic carbocycles. The molecule has 17 heavy (non-hydrogen) atoms. The van der Waals surface area contributed by atoms with Gasteiger partial charge in [-0.1, -0.05) is 6.92 Å². The summed E-state index contributed by atoms with van der Waals surface area (Å²) < 4.78 is 36.2. The molecule has 0 aromatic carbocycles. The standard InChI is InChI=1S/C11H21F3N2S/c1-3-10-8-16(9(2)4-5-15-10)6-7-17-11(12,13)14/h9-10,15H,3-8H2,1-2H3. The predicted octanol–water partition coefficient (Wildman–Crippen LogP) is 2.70. The Bertz CT molecular complexity index is 223. The van der Waals surface area contributed by atoms with Gasteiger partial charge in [-0.15, -0.1) is 0 Å². The molecule has 1 fully saturated rings. The van der Waals surface area contributed by atoms with Crippen LogP contribution in [0.4, 0.5) is 13.2 Å². The van der Waals surface area contributed by atoms with Crippen LogP contribution in [-0.2, 0) is 0 Å². The van der Waals surface area contributed by atoms with Crippen LogP contribution in [0.5, 0.6) is 0 Å². The molecule has 1 saturated heterocycles. The van der Waals surface area contributed by atoms with E-state index in [0.29, 0.717) is 18.6 Å². The lowest BCUT2D eigenvalue weighted by Gasteiger charge is -2.28. The summed E-state index contributed by atoms with van der Waals surface area (Å²) in [4.78, 5) is 2.17. The smallest absolute Gasteiger partial charge is 0.313 e. The van der Waals surface area contributed by atoms with Gasteiger partial charge in [0.1, 0.15) is 0 Å².